The van der Waals surface area contributed by atoms with Gasteiger partial charge in [0.25, 0.3) is 5.91 Å². The lowest BCUT2D eigenvalue weighted by Gasteiger charge is -2.10. The Kier molecular flexibility index (Phi) is 7.75. The van der Waals surface area contributed by atoms with E-state index in [4.69, 9.17) is 10.5 Å². The summed E-state index contributed by atoms with van der Waals surface area (Å²) in [6.45, 7) is 4.71. The fraction of sp³-hybridized carbons (Fsp3) is 0.208. The molecule has 3 rings (SSSR count). The highest BCUT2D eigenvalue weighted by molar-refractivity contribution is 7.10. The third-order valence-electron chi connectivity index (χ3n) is 4.50. The van der Waals surface area contributed by atoms with Crippen LogP contribution < -0.4 is 15.8 Å². The first-order valence-electron chi connectivity index (χ1n) is 10.1. The summed E-state index contributed by atoms with van der Waals surface area (Å²) in [6, 6.07) is 11.5. The van der Waals surface area contributed by atoms with Gasteiger partial charge in [-0.3, -0.25) is 4.79 Å². The number of amides is 1. The smallest absolute Gasteiger partial charge is 0.335 e. The third-order valence-corrected chi connectivity index (χ3v) is 5.32. The van der Waals surface area contributed by atoms with Gasteiger partial charge in [0.2, 0.25) is 0 Å². The SMILES string of the molecule is CC(C)c1csc(C=Cc2cccc(NC(=O)c3cc(OCCN)cc(C(=O)O)c3)c2)n1. The molecule has 4 N–H and O–H groups in total. The number of rotatable bonds is 9. The topological polar surface area (TPSA) is 115 Å². The number of nitrogens with zero attached hydrogens (tertiary/aromatic N) is 1. The van der Waals surface area contributed by atoms with E-state index in [-0.39, 0.29) is 30.0 Å². The van der Waals surface area contributed by atoms with Gasteiger partial charge in [-0.25, -0.2) is 9.78 Å². The van der Waals surface area contributed by atoms with E-state index in [0.29, 0.717) is 11.6 Å². The lowest BCUT2D eigenvalue weighted by molar-refractivity contribution is 0.0696. The maximum atomic E-state index is 12.8. The monoisotopic (exact) mass is 451 g/mol. The fourth-order valence-corrected chi connectivity index (χ4v) is 3.72. The van der Waals surface area contributed by atoms with E-state index < -0.39 is 11.9 Å². The summed E-state index contributed by atoms with van der Waals surface area (Å²) in [6.07, 6.45) is 3.87. The predicted octanol–water partition coefficient (Wildman–Crippen LogP) is 4.72. The van der Waals surface area contributed by atoms with Gasteiger partial charge in [-0.05, 0) is 47.9 Å². The molecule has 166 valence electrons. The van der Waals surface area contributed by atoms with Crippen molar-refractivity contribution in [3.63, 3.8) is 0 Å². The van der Waals surface area contributed by atoms with Gasteiger partial charge in [-0.15, -0.1) is 11.3 Å². The van der Waals surface area contributed by atoms with Gasteiger partial charge in [0.05, 0.1) is 11.3 Å². The minimum Gasteiger partial charge on any atom is -0.492 e. The van der Waals surface area contributed by atoms with Crippen LogP contribution in [0.2, 0.25) is 0 Å². The molecular formula is C24H25N3O4S. The molecule has 1 heterocycles. The number of thiazole rings is 1. The van der Waals surface area contributed by atoms with E-state index in [0.717, 1.165) is 16.3 Å². The largest absolute Gasteiger partial charge is 0.492 e. The molecule has 1 amide bonds. The minimum atomic E-state index is -1.15. The molecule has 0 bridgehead atoms. The van der Waals surface area contributed by atoms with Gasteiger partial charge in [-0.2, -0.15) is 0 Å². The fourth-order valence-electron chi connectivity index (χ4n) is 2.85. The molecule has 0 aliphatic rings. The molecular weight excluding hydrogens is 426 g/mol. The highest BCUT2D eigenvalue weighted by Crippen LogP contribution is 2.22. The molecule has 0 saturated carbocycles. The number of carboxylic acids is 1. The molecule has 7 nitrogen and oxygen atoms in total. The summed E-state index contributed by atoms with van der Waals surface area (Å²) in [5.74, 6) is -0.922. The zero-order valence-electron chi connectivity index (χ0n) is 17.9. The second kappa shape index (κ2) is 10.7. The number of hydrogen-bond acceptors (Lipinski definition) is 6. The van der Waals surface area contributed by atoms with E-state index in [1.54, 1.807) is 17.4 Å². The second-order valence-electron chi connectivity index (χ2n) is 7.37. The Morgan fingerprint density at radius 3 is 2.66 bits per heavy atom. The molecule has 32 heavy (non-hydrogen) atoms. The maximum absolute atomic E-state index is 12.8. The highest BCUT2D eigenvalue weighted by atomic mass is 32.1. The van der Waals surface area contributed by atoms with Crippen LogP contribution in [0.1, 0.15) is 56.7 Å². The maximum Gasteiger partial charge on any atom is 0.335 e. The van der Waals surface area contributed by atoms with E-state index in [1.165, 1.54) is 18.2 Å². The Hall–Kier alpha value is -3.49. The Bertz CT molecular complexity index is 1140. The van der Waals surface area contributed by atoms with E-state index in [9.17, 15) is 14.7 Å². The Morgan fingerprint density at radius 2 is 1.97 bits per heavy atom. The van der Waals surface area contributed by atoms with Crippen LogP contribution in [0, 0.1) is 0 Å². The van der Waals surface area contributed by atoms with Crippen LogP contribution >= 0.6 is 11.3 Å². The highest BCUT2D eigenvalue weighted by Gasteiger charge is 2.14. The summed E-state index contributed by atoms with van der Waals surface area (Å²) in [7, 11) is 0. The van der Waals surface area contributed by atoms with E-state index >= 15 is 0 Å². The number of carbonyl (C=O) groups excluding carboxylic acids is 1. The van der Waals surface area contributed by atoms with Crippen molar-refractivity contribution >= 4 is 41.1 Å². The van der Waals surface area contributed by atoms with Gasteiger partial charge in [-0.1, -0.05) is 32.1 Å². The molecule has 0 saturated heterocycles. The summed E-state index contributed by atoms with van der Waals surface area (Å²) in [5, 5.41) is 15.1. The van der Waals surface area contributed by atoms with Gasteiger partial charge in [0, 0.05) is 23.2 Å². The number of hydrogen-bond donors (Lipinski definition) is 3. The third kappa shape index (κ3) is 6.26. The van der Waals surface area contributed by atoms with Crippen molar-refractivity contribution in [2.45, 2.75) is 19.8 Å². The number of aromatic carboxylic acids is 1. The average molecular weight is 452 g/mol. The quantitative estimate of drug-likeness (QED) is 0.433. The van der Waals surface area contributed by atoms with E-state index in [2.05, 4.69) is 29.5 Å². The van der Waals surface area contributed by atoms with Gasteiger partial charge in [0.15, 0.2) is 0 Å². The molecule has 0 atom stereocenters. The van der Waals surface area contributed by atoms with Crippen LogP contribution in [0.15, 0.2) is 47.8 Å². The van der Waals surface area contributed by atoms with Crippen molar-refractivity contribution in [3.05, 3.63) is 75.2 Å². The molecule has 3 aromatic rings. The van der Waals surface area contributed by atoms with Gasteiger partial charge < -0.3 is 20.9 Å². The van der Waals surface area contributed by atoms with Crippen LogP contribution in [0.5, 0.6) is 5.75 Å². The molecule has 0 fully saturated rings. The molecule has 2 aromatic carbocycles. The molecule has 0 aliphatic carbocycles. The molecule has 0 spiro atoms. The first-order valence-corrected chi connectivity index (χ1v) is 11.0. The Labute approximate surface area is 190 Å². The summed E-state index contributed by atoms with van der Waals surface area (Å²) in [5.41, 5.74) is 8.13. The second-order valence-corrected chi connectivity index (χ2v) is 8.26. The number of anilines is 1. The van der Waals surface area contributed by atoms with Crippen LogP contribution in [0.3, 0.4) is 0 Å². The number of nitrogens with two attached hydrogens (primary N) is 1. The van der Waals surface area contributed by atoms with Crippen molar-refractivity contribution in [3.8, 4) is 5.75 Å². The Balaban J connectivity index is 1.76. The van der Waals surface area contributed by atoms with Crippen molar-refractivity contribution in [1.29, 1.82) is 0 Å². The first-order chi connectivity index (χ1) is 15.4. The summed E-state index contributed by atoms with van der Waals surface area (Å²) >= 11 is 1.58. The van der Waals surface area contributed by atoms with Crippen LogP contribution in [-0.2, 0) is 0 Å². The van der Waals surface area contributed by atoms with Crippen molar-refractivity contribution in [2.24, 2.45) is 5.73 Å². The standard InChI is InChI=1S/C24H25N3O4S/c1-15(2)21-14-32-22(27-21)7-6-16-4-3-5-19(10-16)26-23(28)17-11-18(24(29)30)13-20(12-17)31-9-8-25/h3-7,10-15H,8-9,25H2,1-2H3,(H,26,28)(H,29,30). The first kappa shape index (κ1) is 23.2. The average Bonchev–Trinajstić information content (AvgIpc) is 3.26. The summed E-state index contributed by atoms with van der Waals surface area (Å²) in [4.78, 5) is 28.8. The van der Waals surface area contributed by atoms with Crippen LogP contribution in [-0.4, -0.2) is 35.1 Å². The number of benzene rings is 2. The number of nitrogens with one attached hydrogen (secondary N) is 1. The summed E-state index contributed by atoms with van der Waals surface area (Å²) < 4.78 is 5.41. The zero-order chi connectivity index (χ0) is 23.1. The van der Waals surface area contributed by atoms with Crippen LogP contribution in [0.4, 0.5) is 5.69 Å². The van der Waals surface area contributed by atoms with Crippen LogP contribution in [0.25, 0.3) is 12.2 Å². The minimum absolute atomic E-state index is 0.0365. The van der Waals surface area contributed by atoms with Crippen molar-refractivity contribution < 1.29 is 19.4 Å². The zero-order valence-corrected chi connectivity index (χ0v) is 18.7. The molecule has 0 radical (unpaired) electrons. The number of ether oxygens (including phenoxy) is 1. The van der Waals surface area contributed by atoms with Crippen molar-refractivity contribution in [2.75, 3.05) is 18.5 Å². The molecule has 0 unspecified atom stereocenters. The lowest BCUT2D eigenvalue weighted by Crippen LogP contribution is -2.15. The van der Waals surface area contributed by atoms with Gasteiger partial charge >= 0.3 is 5.97 Å². The number of carbonyl (C=O) groups is 2. The molecule has 0 aliphatic heterocycles. The number of carboxylic acid groups (broad SMARTS) is 1. The predicted molar refractivity (Wildman–Crippen MR) is 127 cm³/mol. The lowest BCUT2D eigenvalue weighted by atomic mass is 10.1. The Morgan fingerprint density at radius 1 is 1.19 bits per heavy atom. The van der Waals surface area contributed by atoms with Crippen molar-refractivity contribution in [1.82, 2.24) is 4.98 Å². The van der Waals surface area contributed by atoms with E-state index in [1.807, 2.05) is 30.4 Å². The number of aromatic nitrogens is 1. The molecule has 8 heteroatoms. The normalized spacial score (nSPS) is 11.1. The molecule has 1 aromatic heterocycles. The van der Waals surface area contributed by atoms with Gasteiger partial charge in [0.1, 0.15) is 17.4 Å².